The minimum absolute atomic E-state index is 0.0400. The number of benzene rings is 1. The molecule has 2 aromatic heterocycles. The second kappa shape index (κ2) is 7.50. The number of hydrogen-bond donors (Lipinski definition) is 2. The lowest BCUT2D eigenvalue weighted by atomic mass is 10.2. The van der Waals surface area contributed by atoms with Gasteiger partial charge < -0.3 is 15.4 Å². The average molecular weight is 366 g/mol. The van der Waals surface area contributed by atoms with Gasteiger partial charge in [0.1, 0.15) is 6.33 Å². The van der Waals surface area contributed by atoms with Crippen molar-refractivity contribution in [3.63, 3.8) is 0 Å². The molecule has 0 bridgehead atoms. The van der Waals surface area contributed by atoms with Crippen molar-refractivity contribution in [1.82, 2.24) is 15.0 Å². The first-order valence-electron chi connectivity index (χ1n) is 8.68. The van der Waals surface area contributed by atoms with Gasteiger partial charge in [-0.05, 0) is 25.0 Å². The molecular formula is C18H18N6O3. The second-order valence-electron chi connectivity index (χ2n) is 6.20. The zero-order valence-electron chi connectivity index (χ0n) is 14.5. The van der Waals surface area contributed by atoms with Crippen LogP contribution in [-0.2, 0) is 4.74 Å². The fourth-order valence-corrected chi connectivity index (χ4v) is 3.12. The summed E-state index contributed by atoms with van der Waals surface area (Å²) in [5.74, 6) is 0.282. The largest absolute Gasteiger partial charge is 0.376 e. The van der Waals surface area contributed by atoms with Gasteiger partial charge in [0.25, 0.3) is 0 Å². The van der Waals surface area contributed by atoms with Crippen LogP contribution >= 0.6 is 0 Å². The van der Waals surface area contributed by atoms with Crippen molar-refractivity contribution in [2.45, 2.75) is 18.9 Å². The fraction of sp³-hybridized carbons (Fsp3) is 0.278. The predicted octanol–water partition coefficient (Wildman–Crippen LogP) is 3.27. The van der Waals surface area contributed by atoms with Crippen LogP contribution in [0.1, 0.15) is 12.8 Å². The SMILES string of the molecule is O=[N+]([O-])c1c(NCC2CCCO2)ncnc1Nc1cccc2cccnc12. The molecule has 0 spiro atoms. The maximum absolute atomic E-state index is 11.7. The summed E-state index contributed by atoms with van der Waals surface area (Å²) in [6.07, 6.45) is 4.94. The van der Waals surface area contributed by atoms with Crippen LogP contribution in [0, 0.1) is 10.1 Å². The van der Waals surface area contributed by atoms with E-state index in [1.54, 1.807) is 12.3 Å². The topological polar surface area (TPSA) is 115 Å². The van der Waals surface area contributed by atoms with Crippen LogP contribution in [0.2, 0.25) is 0 Å². The van der Waals surface area contributed by atoms with E-state index in [1.165, 1.54) is 6.33 Å². The van der Waals surface area contributed by atoms with E-state index in [2.05, 4.69) is 25.6 Å². The lowest BCUT2D eigenvalue weighted by Crippen LogP contribution is -2.20. The highest BCUT2D eigenvalue weighted by molar-refractivity contribution is 5.92. The van der Waals surface area contributed by atoms with Crippen molar-refractivity contribution in [3.8, 4) is 0 Å². The quantitative estimate of drug-likeness (QED) is 0.504. The van der Waals surface area contributed by atoms with Crippen LogP contribution in [-0.4, -0.2) is 39.1 Å². The van der Waals surface area contributed by atoms with Crippen molar-refractivity contribution >= 4 is 33.9 Å². The lowest BCUT2D eigenvalue weighted by molar-refractivity contribution is -0.383. The van der Waals surface area contributed by atoms with E-state index in [0.29, 0.717) is 17.7 Å². The van der Waals surface area contributed by atoms with Crippen molar-refractivity contribution in [3.05, 3.63) is 53.0 Å². The molecule has 138 valence electrons. The van der Waals surface area contributed by atoms with E-state index in [9.17, 15) is 10.1 Å². The van der Waals surface area contributed by atoms with Gasteiger partial charge in [-0.25, -0.2) is 9.97 Å². The Morgan fingerprint density at radius 3 is 2.85 bits per heavy atom. The van der Waals surface area contributed by atoms with Crippen LogP contribution in [0.4, 0.5) is 23.0 Å². The highest BCUT2D eigenvalue weighted by Crippen LogP contribution is 2.33. The first-order valence-corrected chi connectivity index (χ1v) is 8.68. The highest BCUT2D eigenvalue weighted by atomic mass is 16.6. The van der Waals surface area contributed by atoms with Crippen LogP contribution in [0.15, 0.2) is 42.9 Å². The van der Waals surface area contributed by atoms with Gasteiger partial charge in [-0.2, -0.15) is 0 Å². The molecule has 0 aliphatic carbocycles. The minimum Gasteiger partial charge on any atom is -0.376 e. The van der Waals surface area contributed by atoms with Gasteiger partial charge in [-0.3, -0.25) is 15.1 Å². The fourth-order valence-electron chi connectivity index (χ4n) is 3.12. The lowest BCUT2D eigenvalue weighted by Gasteiger charge is -2.13. The molecule has 1 atom stereocenters. The smallest absolute Gasteiger partial charge is 0.353 e. The maximum atomic E-state index is 11.7. The van der Waals surface area contributed by atoms with Gasteiger partial charge >= 0.3 is 5.69 Å². The van der Waals surface area contributed by atoms with Crippen molar-refractivity contribution in [2.75, 3.05) is 23.8 Å². The maximum Gasteiger partial charge on any atom is 0.353 e. The number of para-hydroxylation sites is 1. The number of pyridine rings is 1. The summed E-state index contributed by atoms with van der Waals surface area (Å²) in [7, 11) is 0. The Hall–Kier alpha value is -3.33. The number of fused-ring (bicyclic) bond motifs is 1. The van der Waals surface area contributed by atoms with E-state index in [4.69, 9.17) is 4.74 Å². The molecule has 3 aromatic rings. The molecule has 1 aromatic carbocycles. The first kappa shape index (κ1) is 17.1. The zero-order chi connectivity index (χ0) is 18.6. The molecule has 1 unspecified atom stereocenters. The minimum atomic E-state index is -0.487. The molecular weight excluding hydrogens is 348 g/mol. The van der Waals surface area contributed by atoms with Crippen LogP contribution < -0.4 is 10.6 Å². The summed E-state index contributed by atoms with van der Waals surface area (Å²) in [4.78, 5) is 23.7. The number of rotatable bonds is 6. The third kappa shape index (κ3) is 3.63. The van der Waals surface area contributed by atoms with Crippen LogP contribution in [0.3, 0.4) is 0 Å². The van der Waals surface area contributed by atoms with Gasteiger partial charge in [0.05, 0.1) is 22.2 Å². The van der Waals surface area contributed by atoms with Gasteiger partial charge in [0.2, 0.25) is 11.6 Å². The third-order valence-corrected chi connectivity index (χ3v) is 4.41. The number of aromatic nitrogens is 3. The molecule has 1 saturated heterocycles. The van der Waals surface area contributed by atoms with E-state index >= 15 is 0 Å². The third-order valence-electron chi connectivity index (χ3n) is 4.41. The Labute approximate surface area is 155 Å². The summed E-state index contributed by atoms with van der Waals surface area (Å²) < 4.78 is 5.55. The summed E-state index contributed by atoms with van der Waals surface area (Å²) >= 11 is 0. The molecule has 0 amide bonds. The number of hydrogen-bond acceptors (Lipinski definition) is 8. The van der Waals surface area contributed by atoms with Crippen LogP contribution in [0.25, 0.3) is 10.9 Å². The zero-order valence-corrected chi connectivity index (χ0v) is 14.5. The van der Waals surface area contributed by atoms with E-state index in [0.717, 1.165) is 24.8 Å². The monoisotopic (exact) mass is 366 g/mol. The molecule has 9 nitrogen and oxygen atoms in total. The van der Waals surface area contributed by atoms with Gasteiger partial charge in [0, 0.05) is 24.7 Å². The van der Waals surface area contributed by atoms with Crippen LogP contribution in [0.5, 0.6) is 0 Å². The van der Waals surface area contributed by atoms with E-state index in [-0.39, 0.29) is 23.4 Å². The summed E-state index contributed by atoms with van der Waals surface area (Å²) in [5, 5.41) is 18.7. The summed E-state index contributed by atoms with van der Waals surface area (Å²) in [6.45, 7) is 1.19. The standard InChI is InChI=1S/C18H18N6O3/c25-24(26)16-17(20-10-13-6-3-9-27-13)21-11-22-18(16)23-14-7-1-4-12-5-2-8-19-15(12)14/h1-2,4-5,7-8,11,13H,3,6,9-10H2,(H2,20,21,22,23). The molecule has 9 heteroatoms. The van der Waals surface area contributed by atoms with E-state index in [1.807, 2.05) is 24.3 Å². The molecule has 1 fully saturated rings. The highest BCUT2D eigenvalue weighted by Gasteiger charge is 2.25. The Kier molecular flexibility index (Phi) is 4.75. The number of ether oxygens (including phenoxy) is 1. The van der Waals surface area contributed by atoms with Crippen molar-refractivity contribution < 1.29 is 9.66 Å². The second-order valence-corrected chi connectivity index (χ2v) is 6.20. The molecule has 27 heavy (non-hydrogen) atoms. The summed E-state index contributed by atoms with van der Waals surface area (Å²) in [6, 6.07) is 9.36. The Morgan fingerprint density at radius 1 is 1.19 bits per heavy atom. The molecule has 0 saturated carbocycles. The molecule has 2 N–H and O–H groups in total. The average Bonchev–Trinajstić information content (AvgIpc) is 3.20. The Bertz CT molecular complexity index is 969. The summed E-state index contributed by atoms with van der Waals surface area (Å²) in [5.41, 5.74) is 1.14. The Morgan fingerprint density at radius 2 is 2.04 bits per heavy atom. The number of nitrogens with one attached hydrogen (secondary N) is 2. The predicted molar refractivity (Wildman–Crippen MR) is 101 cm³/mol. The van der Waals surface area contributed by atoms with Gasteiger partial charge in [-0.15, -0.1) is 0 Å². The molecule has 1 aliphatic heterocycles. The van der Waals surface area contributed by atoms with E-state index < -0.39 is 4.92 Å². The molecule has 4 rings (SSSR count). The normalized spacial score (nSPS) is 16.4. The number of nitro groups is 1. The number of nitrogens with zero attached hydrogens (tertiary/aromatic N) is 4. The Balaban J connectivity index is 1.65. The molecule has 0 radical (unpaired) electrons. The van der Waals surface area contributed by atoms with Crippen molar-refractivity contribution in [1.29, 1.82) is 0 Å². The van der Waals surface area contributed by atoms with Gasteiger partial charge in [-0.1, -0.05) is 18.2 Å². The first-order chi connectivity index (χ1) is 13.2. The molecule has 1 aliphatic rings. The molecule has 3 heterocycles. The van der Waals surface area contributed by atoms with Crippen molar-refractivity contribution in [2.24, 2.45) is 0 Å². The van der Waals surface area contributed by atoms with Gasteiger partial charge in [0.15, 0.2) is 0 Å². The number of anilines is 3.